The van der Waals surface area contributed by atoms with Gasteiger partial charge in [-0.05, 0) is 53.9 Å². The summed E-state index contributed by atoms with van der Waals surface area (Å²) in [6.07, 6.45) is 3.72. The Hall–Kier alpha value is -0.263. The number of hydrogen-bond acceptors (Lipinski definition) is 2. The molecule has 0 saturated carbocycles. The predicted octanol–water partition coefficient (Wildman–Crippen LogP) is 1.53. The zero-order valence-corrected chi connectivity index (χ0v) is 13.9. The van der Waals surface area contributed by atoms with Crippen LogP contribution in [-0.4, -0.2) is 16.1 Å². The van der Waals surface area contributed by atoms with Crippen LogP contribution in [0.3, 0.4) is 0 Å². The molecule has 0 aromatic heterocycles. The molecule has 1 saturated heterocycles. The Morgan fingerprint density at radius 3 is 2.10 bits per heavy atom. The smallest absolute Gasteiger partial charge is 0.292 e. The predicted molar refractivity (Wildman–Crippen MR) is 78.6 cm³/mol. The molecule has 1 aromatic carbocycles. The largest absolute Gasteiger partial charge is 1.00 e. The van der Waals surface area contributed by atoms with Crippen LogP contribution in [0.15, 0.2) is 24.3 Å². The first-order valence-electron chi connectivity index (χ1n) is 7.26. The molecule has 0 N–H and O–H groups in total. The van der Waals surface area contributed by atoms with Crippen LogP contribution in [0.4, 0.5) is 0 Å². The van der Waals surface area contributed by atoms with Crippen LogP contribution in [0.25, 0.3) is 0 Å². The van der Waals surface area contributed by atoms with Crippen LogP contribution < -0.4 is 18.9 Å². The van der Waals surface area contributed by atoms with Crippen LogP contribution >= 0.6 is 0 Å². The van der Waals surface area contributed by atoms with Gasteiger partial charge in [0.2, 0.25) is 0 Å². The van der Waals surface area contributed by atoms with Gasteiger partial charge >= 0.3 is 18.9 Å². The van der Waals surface area contributed by atoms with Gasteiger partial charge in [-0.15, -0.1) is 5.56 Å². The minimum absolute atomic E-state index is 0. The molecule has 1 fully saturated rings. The van der Waals surface area contributed by atoms with E-state index in [-0.39, 0.29) is 36.0 Å². The third kappa shape index (κ3) is 3.89. The molecular weight excluding hydrogens is 241 g/mol. The minimum Gasteiger partial charge on any atom is -0.292 e. The van der Waals surface area contributed by atoms with E-state index >= 15 is 0 Å². The molecule has 3 heteroatoms. The molecule has 0 radical (unpaired) electrons. The summed E-state index contributed by atoms with van der Waals surface area (Å²) < 4.78 is 0. The maximum absolute atomic E-state index is 6.33. The molecule has 1 unspecified atom stereocenters. The molecule has 2 nitrogen and oxygen atoms in total. The van der Waals surface area contributed by atoms with E-state index in [0.29, 0.717) is 0 Å². The fourth-order valence-electron chi connectivity index (χ4n) is 3.15. The molecule has 0 aliphatic carbocycles. The van der Waals surface area contributed by atoms with Gasteiger partial charge in [0.15, 0.2) is 0 Å². The van der Waals surface area contributed by atoms with E-state index in [1.807, 2.05) is 12.1 Å². The van der Waals surface area contributed by atoms with E-state index in [0.717, 1.165) is 0 Å². The Balaban J connectivity index is 0.00000200. The SMILES string of the molecule is CC(ON1C(C)(C)CCCC1(C)C)c1cc[c-]cc1.[Li+]. The van der Waals surface area contributed by atoms with Gasteiger partial charge in [-0.1, -0.05) is 0 Å². The van der Waals surface area contributed by atoms with Crippen molar-refractivity contribution >= 4 is 0 Å². The van der Waals surface area contributed by atoms with Gasteiger partial charge in [0.1, 0.15) is 0 Å². The third-order valence-corrected chi connectivity index (χ3v) is 4.15. The standard InChI is InChI=1S/C17H26NO.Li/c1-14(15-10-7-6-8-11-15)19-18-16(2,3)12-9-13-17(18,4)5;/h7-8,10-11,14H,9,12-13H2,1-5H3;/q-1;+1. The van der Waals surface area contributed by atoms with Gasteiger partial charge in [-0.25, -0.2) is 0 Å². The Morgan fingerprint density at radius 2 is 1.60 bits per heavy atom. The molecule has 1 aromatic rings. The van der Waals surface area contributed by atoms with Crippen LogP contribution in [0, 0.1) is 6.07 Å². The van der Waals surface area contributed by atoms with Crippen molar-refractivity contribution in [2.75, 3.05) is 0 Å². The van der Waals surface area contributed by atoms with Crippen molar-refractivity contribution in [3.8, 4) is 0 Å². The van der Waals surface area contributed by atoms with Crippen molar-refractivity contribution < 1.29 is 23.7 Å². The van der Waals surface area contributed by atoms with Gasteiger partial charge in [0, 0.05) is 11.1 Å². The summed E-state index contributed by atoms with van der Waals surface area (Å²) in [5.74, 6) is 0. The van der Waals surface area contributed by atoms with E-state index in [1.165, 1.54) is 24.8 Å². The van der Waals surface area contributed by atoms with Crippen molar-refractivity contribution in [2.45, 2.75) is 71.1 Å². The second kappa shape index (κ2) is 6.67. The normalized spacial score (nSPS) is 22.9. The third-order valence-electron chi connectivity index (χ3n) is 4.15. The van der Waals surface area contributed by atoms with Crippen LogP contribution in [0.5, 0.6) is 0 Å². The summed E-state index contributed by atoms with van der Waals surface area (Å²) in [5, 5.41) is 2.23. The summed E-state index contributed by atoms with van der Waals surface area (Å²) in [6.45, 7) is 11.2. The molecule has 2 rings (SSSR count). The molecule has 0 amide bonds. The number of hydrogen-bond donors (Lipinski definition) is 0. The molecule has 20 heavy (non-hydrogen) atoms. The maximum atomic E-state index is 6.33. The molecule has 0 spiro atoms. The summed E-state index contributed by atoms with van der Waals surface area (Å²) in [6, 6.07) is 11.1. The van der Waals surface area contributed by atoms with E-state index in [1.54, 1.807) is 0 Å². The Labute approximate surface area is 136 Å². The minimum atomic E-state index is 0. The molecule has 1 atom stereocenters. The first kappa shape index (κ1) is 17.8. The van der Waals surface area contributed by atoms with Crippen molar-refractivity contribution in [3.05, 3.63) is 35.9 Å². The van der Waals surface area contributed by atoms with E-state index < -0.39 is 0 Å². The summed E-state index contributed by atoms with van der Waals surface area (Å²) in [7, 11) is 0. The zero-order chi connectivity index (χ0) is 14.1. The van der Waals surface area contributed by atoms with Crippen LogP contribution in [-0.2, 0) is 4.84 Å². The number of nitrogens with zero attached hydrogens (tertiary/aromatic N) is 1. The van der Waals surface area contributed by atoms with Gasteiger partial charge in [-0.3, -0.25) is 4.84 Å². The Kier molecular flexibility index (Phi) is 5.93. The molecule has 106 valence electrons. The summed E-state index contributed by atoms with van der Waals surface area (Å²) >= 11 is 0. The fourth-order valence-corrected chi connectivity index (χ4v) is 3.15. The van der Waals surface area contributed by atoms with Crippen molar-refractivity contribution in [2.24, 2.45) is 0 Å². The second-order valence-corrected chi connectivity index (χ2v) is 6.85. The number of hydroxylamine groups is 2. The molecule has 0 bridgehead atoms. The second-order valence-electron chi connectivity index (χ2n) is 6.85. The summed E-state index contributed by atoms with van der Waals surface area (Å²) in [5.41, 5.74) is 1.39. The van der Waals surface area contributed by atoms with E-state index in [4.69, 9.17) is 4.84 Å². The molecule has 1 aliphatic heterocycles. The average Bonchev–Trinajstić information content (AvgIpc) is 2.34. The molecule has 1 heterocycles. The first-order chi connectivity index (χ1) is 8.83. The Bertz CT molecular complexity index is 400. The number of benzene rings is 1. The average molecular weight is 267 g/mol. The fraction of sp³-hybridized carbons (Fsp3) is 0.647. The van der Waals surface area contributed by atoms with Crippen LogP contribution in [0.2, 0.25) is 0 Å². The van der Waals surface area contributed by atoms with Gasteiger partial charge in [-0.2, -0.15) is 35.4 Å². The zero-order valence-electron chi connectivity index (χ0n) is 13.9. The van der Waals surface area contributed by atoms with Crippen molar-refractivity contribution in [1.29, 1.82) is 0 Å². The van der Waals surface area contributed by atoms with Gasteiger partial charge < -0.3 is 0 Å². The first-order valence-corrected chi connectivity index (χ1v) is 7.26. The van der Waals surface area contributed by atoms with Crippen molar-refractivity contribution in [1.82, 2.24) is 5.06 Å². The summed E-state index contributed by atoms with van der Waals surface area (Å²) in [4.78, 5) is 6.33. The van der Waals surface area contributed by atoms with Crippen molar-refractivity contribution in [3.63, 3.8) is 0 Å². The van der Waals surface area contributed by atoms with E-state index in [9.17, 15) is 0 Å². The maximum Gasteiger partial charge on any atom is 1.00 e. The monoisotopic (exact) mass is 267 g/mol. The van der Waals surface area contributed by atoms with Crippen LogP contribution in [0.1, 0.15) is 65.5 Å². The van der Waals surface area contributed by atoms with E-state index in [2.05, 4.69) is 57.9 Å². The van der Waals surface area contributed by atoms with Gasteiger partial charge in [0.05, 0.1) is 6.10 Å². The topological polar surface area (TPSA) is 12.5 Å². The quantitative estimate of drug-likeness (QED) is 0.608. The van der Waals surface area contributed by atoms with Gasteiger partial charge in [0.25, 0.3) is 0 Å². The molecule has 1 aliphatic rings. The number of rotatable bonds is 3. The number of piperidine rings is 1. The Morgan fingerprint density at radius 1 is 1.10 bits per heavy atom. The molecular formula is C17H26LiNO.